The Kier molecular flexibility index (Phi) is 9.77. The summed E-state index contributed by atoms with van der Waals surface area (Å²) < 4.78 is 11.5. The molecule has 2 aromatic carbocycles. The van der Waals surface area contributed by atoms with E-state index in [2.05, 4.69) is 37.9 Å². The number of nitrogens with zero attached hydrogens (tertiary/aromatic N) is 2. The Balaban J connectivity index is 0.00000481. The molecule has 0 aromatic heterocycles. The van der Waals surface area contributed by atoms with Crippen LogP contribution in [0.4, 0.5) is 5.69 Å². The molecule has 8 nitrogen and oxygen atoms in total. The van der Waals surface area contributed by atoms with Crippen LogP contribution in [0.5, 0.6) is 11.5 Å². The Hall–Kier alpha value is -3.07. The van der Waals surface area contributed by atoms with E-state index in [-0.39, 0.29) is 46.5 Å². The van der Waals surface area contributed by atoms with Crippen molar-refractivity contribution in [2.45, 2.75) is 46.6 Å². The summed E-state index contributed by atoms with van der Waals surface area (Å²) in [6, 6.07) is 7.29. The fourth-order valence-electron chi connectivity index (χ4n) is 4.41. The van der Waals surface area contributed by atoms with Crippen LogP contribution in [0, 0.1) is 5.41 Å². The number of Topliss-reactive ketones (excluding diaryl/α,β-unsaturated/α-hetero) is 1. The van der Waals surface area contributed by atoms with Crippen molar-refractivity contribution in [1.82, 2.24) is 10.2 Å². The molecule has 2 N–H and O–H groups in total. The molecule has 3 rings (SSSR count). The molecular formula is C28H39BrN4O4. The number of amides is 1. The minimum absolute atomic E-state index is 0. The zero-order valence-electron chi connectivity index (χ0n) is 23.1. The van der Waals surface area contributed by atoms with Crippen molar-refractivity contribution in [2.24, 2.45) is 0 Å². The maximum atomic E-state index is 13.5. The van der Waals surface area contributed by atoms with Gasteiger partial charge in [-0.25, -0.2) is 0 Å². The molecule has 1 amide bonds. The second kappa shape index (κ2) is 12.0. The van der Waals surface area contributed by atoms with E-state index in [1.54, 1.807) is 25.1 Å². The Morgan fingerprint density at radius 1 is 1.16 bits per heavy atom. The molecule has 0 saturated carbocycles. The van der Waals surface area contributed by atoms with Crippen molar-refractivity contribution < 1.29 is 19.1 Å². The van der Waals surface area contributed by atoms with Crippen LogP contribution < -0.4 is 19.7 Å². The SMILES string of the molecule is Br.CCOc1cc2c(cc1C(=O)NC)C(=N)N(CC(=O)c1cc(N(C)CC)c(OC)c(C(C)(C)C)c1)C2. The highest BCUT2D eigenvalue weighted by Gasteiger charge is 2.30. The Labute approximate surface area is 230 Å². The third kappa shape index (κ3) is 6.09. The van der Waals surface area contributed by atoms with Crippen molar-refractivity contribution >= 4 is 40.2 Å². The van der Waals surface area contributed by atoms with E-state index in [4.69, 9.17) is 14.9 Å². The number of fused-ring (bicyclic) bond motifs is 1. The fraction of sp³-hybridized carbons (Fsp3) is 0.464. The highest BCUT2D eigenvalue weighted by Crippen LogP contribution is 2.40. The third-order valence-corrected chi connectivity index (χ3v) is 6.53. The van der Waals surface area contributed by atoms with Gasteiger partial charge in [-0.05, 0) is 49.1 Å². The van der Waals surface area contributed by atoms with Gasteiger partial charge in [-0.3, -0.25) is 15.0 Å². The molecule has 0 fully saturated rings. The van der Waals surface area contributed by atoms with Gasteiger partial charge >= 0.3 is 0 Å². The summed E-state index contributed by atoms with van der Waals surface area (Å²) in [5.41, 5.74) is 4.07. The molecule has 2 aromatic rings. The molecule has 0 radical (unpaired) electrons. The van der Waals surface area contributed by atoms with E-state index in [0.717, 1.165) is 29.1 Å². The average molecular weight is 576 g/mol. The van der Waals surface area contributed by atoms with Crippen LogP contribution in [0.2, 0.25) is 0 Å². The van der Waals surface area contributed by atoms with Crippen LogP contribution in [-0.4, -0.2) is 63.3 Å². The zero-order valence-corrected chi connectivity index (χ0v) is 24.8. The predicted molar refractivity (Wildman–Crippen MR) is 154 cm³/mol. The molecule has 9 heteroatoms. The lowest BCUT2D eigenvalue weighted by atomic mass is 9.84. The number of hydrogen-bond donors (Lipinski definition) is 2. The first-order valence-electron chi connectivity index (χ1n) is 12.3. The van der Waals surface area contributed by atoms with Gasteiger partial charge in [-0.15, -0.1) is 17.0 Å². The number of ether oxygens (including phenoxy) is 2. The molecule has 1 aliphatic heterocycles. The van der Waals surface area contributed by atoms with Crippen LogP contribution in [0.3, 0.4) is 0 Å². The summed E-state index contributed by atoms with van der Waals surface area (Å²) in [4.78, 5) is 29.7. The van der Waals surface area contributed by atoms with Gasteiger partial charge in [0.15, 0.2) is 5.78 Å². The van der Waals surface area contributed by atoms with E-state index in [0.29, 0.717) is 35.6 Å². The third-order valence-electron chi connectivity index (χ3n) is 6.53. The van der Waals surface area contributed by atoms with Gasteiger partial charge in [0, 0.05) is 43.9 Å². The van der Waals surface area contributed by atoms with Gasteiger partial charge in [-0.1, -0.05) is 20.8 Å². The zero-order chi connectivity index (χ0) is 26.8. The van der Waals surface area contributed by atoms with E-state index in [9.17, 15) is 9.59 Å². The highest BCUT2D eigenvalue weighted by molar-refractivity contribution is 8.93. The van der Waals surface area contributed by atoms with Crippen molar-refractivity contribution in [3.8, 4) is 11.5 Å². The van der Waals surface area contributed by atoms with Crippen LogP contribution in [0.1, 0.15) is 72.0 Å². The second-order valence-corrected chi connectivity index (χ2v) is 9.99. The summed E-state index contributed by atoms with van der Waals surface area (Å²) in [6.45, 7) is 11.8. The monoisotopic (exact) mass is 574 g/mol. The Bertz CT molecular complexity index is 1190. The Morgan fingerprint density at radius 2 is 1.84 bits per heavy atom. The maximum Gasteiger partial charge on any atom is 0.254 e. The molecular weight excluding hydrogens is 536 g/mol. The second-order valence-electron chi connectivity index (χ2n) is 9.99. The number of amidine groups is 1. The lowest BCUT2D eigenvalue weighted by Gasteiger charge is -2.28. The molecule has 0 unspecified atom stereocenters. The topological polar surface area (TPSA) is 95.0 Å². The number of carbonyl (C=O) groups excluding carboxylic acids is 2. The number of halogens is 1. The van der Waals surface area contributed by atoms with Crippen LogP contribution >= 0.6 is 17.0 Å². The number of anilines is 1. The van der Waals surface area contributed by atoms with Crippen LogP contribution in [-0.2, 0) is 12.0 Å². The molecule has 37 heavy (non-hydrogen) atoms. The summed E-state index contributed by atoms with van der Waals surface area (Å²) in [6.07, 6.45) is 0. The van der Waals surface area contributed by atoms with Gasteiger partial charge in [0.25, 0.3) is 5.91 Å². The number of rotatable bonds is 9. The van der Waals surface area contributed by atoms with Crippen molar-refractivity contribution in [1.29, 1.82) is 5.41 Å². The molecule has 0 spiro atoms. The highest BCUT2D eigenvalue weighted by atomic mass is 79.9. The minimum Gasteiger partial charge on any atom is -0.494 e. The van der Waals surface area contributed by atoms with E-state index in [1.807, 2.05) is 32.2 Å². The predicted octanol–water partition coefficient (Wildman–Crippen LogP) is 4.81. The van der Waals surface area contributed by atoms with E-state index < -0.39 is 0 Å². The summed E-state index contributed by atoms with van der Waals surface area (Å²) in [5, 5.41) is 11.4. The van der Waals surface area contributed by atoms with E-state index in [1.165, 1.54) is 0 Å². The molecule has 0 saturated heterocycles. The molecule has 0 bridgehead atoms. The van der Waals surface area contributed by atoms with Crippen molar-refractivity contribution in [3.63, 3.8) is 0 Å². The molecule has 1 aliphatic rings. The maximum absolute atomic E-state index is 13.5. The largest absolute Gasteiger partial charge is 0.494 e. The van der Waals surface area contributed by atoms with Crippen LogP contribution in [0.25, 0.3) is 0 Å². The molecule has 202 valence electrons. The molecule has 0 atom stereocenters. The Morgan fingerprint density at radius 3 is 2.38 bits per heavy atom. The standard InChI is InChI=1S/C28H38N4O4.BrH/c1-9-31(7)22-12-17(11-21(25(22)35-8)28(3,4)5)23(33)16-32-15-18-13-24(36-10-2)20(27(34)30-6)14-19(18)26(32)29;/h11-14,29H,9-10,15-16H2,1-8H3,(H,30,34);1H. The minimum atomic E-state index is -0.274. The number of methoxy groups -OCH3 is 1. The van der Waals surface area contributed by atoms with Gasteiger partial charge in [0.05, 0.1) is 31.5 Å². The van der Waals surface area contributed by atoms with Gasteiger partial charge in [0.2, 0.25) is 0 Å². The fourth-order valence-corrected chi connectivity index (χ4v) is 4.41. The number of carbonyl (C=O) groups is 2. The number of benzene rings is 2. The first-order chi connectivity index (χ1) is 17.0. The quantitative estimate of drug-likeness (QED) is 0.417. The normalized spacial score (nSPS) is 12.5. The average Bonchev–Trinajstić information content (AvgIpc) is 3.15. The van der Waals surface area contributed by atoms with Crippen LogP contribution in [0.15, 0.2) is 24.3 Å². The number of ketones is 1. The van der Waals surface area contributed by atoms with Crippen molar-refractivity contribution in [2.75, 3.05) is 45.8 Å². The first kappa shape index (κ1) is 30.2. The van der Waals surface area contributed by atoms with Gasteiger partial charge < -0.3 is 24.6 Å². The molecule has 0 aliphatic carbocycles. The van der Waals surface area contributed by atoms with Gasteiger partial charge in [0.1, 0.15) is 17.3 Å². The van der Waals surface area contributed by atoms with Crippen molar-refractivity contribution in [3.05, 3.63) is 52.1 Å². The smallest absolute Gasteiger partial charge is 0.254 e. The lowest BCUT2D eigenvalue weighted by molar-refractivity contribution is 0.0953. The van der Waals surface area contributed by atoms with E-state index >= 15 is 0 Å². The number of hydrogen-bond acceptors (Lipinski definition) is 6. The summed E-state index contributed by atoms with van der Waals surface area (Å²) in [7, 11) is 5.20. The molecule has 1 heterocycles. The number of nitrogens with one attached hydrogen (secondary N) is 2. The first-order valence-corrected chi connectivity index (χ1v) is 12.3. The lowest BCUT2D eigenvalue weighted by Crippen LogP contribution is -2.31. The summed E-state index contributed by atoms with van der Waals surface area (Å²) in [5.74, 6) is 1.12. The summed E-state index contributed by atoms with van der Waals surface area (Å²) >= 11 is 0. The van der Waals surface area contributed by atoms with Gasteiger partial charge in [-0.2, -0.15) is 0 Å².